The van der Waals surface area contributed by atoms with Gasteiger partial charge < -0.3 is 10.2 Å². The molecule has 96 valence electrons. The van der Waals surface area contributed by atoms with Crippen molar-refractivity contribution in [2.45, 2.75) is 45.8 Å². The van der Waals surface area contributed by atoms with Gasteiger partial charge in [0.2, 0.25) is 0 Å². The molecule has 17 heavy (non-hydrogen) atoms. The Morgan fingerprint density at radius 2 is 2.35 bits per heavy atom. The van der Waals surface area contributed by atoms with E-state index < -0.39 is 0 Å². The van der Waals surface area contributed by atoms with Gasteiger partial charge in [-0.05, 0) is 46.3 Å². The Morgan fingerprint density at radius 3 is 3.00 bits per heavy atom. The minimum Gasteiger partial charge on any atom is -0.310 e. The third-order valence-corrected chi connectivity index (χ3v) is 3.64. The van der Waals surface area contributed by atoms with E-state index in [2.05, 4.69) is 47.0 Å². The van der Waals surface area contributed by atoms with Crippen LogP contribution in [-0.4, -0.2) is 40.9 Å². The molecule has 1 aliphatic rings. The van der Waals surface area contributed by atoms with Crippen LogP contribution in [0.4, 0.5) is 0 Å². The van der Waals surface area contributed by atoms with Crippen molar-refractivity contribution >= 4 is 0 Å². The number of aromatic nitrogens is 2. The Labute approximate surface area is 104 Å². The van der Waals surface area contributed by atoms with Crippen LogP contribution in [-0.2, 0) is 13.1 Å². The van der Waals surface area contributed by atoms with Gasteiger partial charge in [-0.15, -0.1) is 0 Å². The standard InChI is InChI=1S/C13H24N4/c1-4-17-13(8-11(2)15-17)10-14-9-12-6-5-7-16(12)3/h8,12,14H,4-7,9-10H2,1-3H3. The third kappa shape index (κ3) is 3.07. The summed E-state index contributed by atoms with van der Waals surface area (Å²) in [5, 5.41) is 8.02. The molecule has 2 heterocycles. The second-order valence-electron chi connectivity index (χ2n) is 5.00. The average molecular weight is 236 g/mol. The van der Waals surface area contributed by atoms with Crippen LogP contribution >= 0.6 is 0 Å². The molecule has 1 aliphatic heterocycles. The minimum atomic E-state index is 0.717. The Morgan fingerprint density at radius 1 is 1.53 bits per heavy atom. The molecule has 0 bridgehead atoms. The van der Waals surface area contributed by atoms with E-state index in [1.54, 1.807) is 0 Å². The lowest BCUT2D eigenvalue weighted by atomic mass is 10.2. The number of rotatable bonds is 5. The average Bonchev–Trinajstić information content (AvgIpc) is 2.86. The molecule has 0 amide bonds. The normalized spacial score (nSPS) is 21.2. The van der Waals surface area contributed by atoms with Gasteiger partial charge in [0.05, 0.1) is 11.4 Å². The van der Waals surface area contributed by atoms with Crippen LogP contribution in [0.2, 0.25) is 0 Å². The first-order chi connectivity index (χ1) is 8.20. The van der Waals surface area contributed by atoms with Gasteiger partial charge >= 0.3 is 0 Å². The lowest BCUT2D eigenvalue weighted by Gasteiger charge is -2.19. The molecule has 0 spiro atoms. The highest BCUT2D eigenvalue weighted by atomic mass is 15.3. The first-order valence-corrected chi connectivity index (χ1v) is 6.65. The van der Waals surface area contributed by atoms with Gasteiger partial charge in [0, 0.05) is 25.7 Å². The van der Waals surface area contributed by atoms with Crippen LogP contribution in [0.25, 0.3) is 0 Å². The second kappa shape index (κ2) is 5.65. The van der Waals surface area contributed by atoms with Crippen molar-refractivity contribution in [3.05, 3.63) is 17.5 Å². The van der Waals surface area contributed by atoms with Gasteiger partial charge in [0.1, 0.15) is 0 Å². The van der Waals surface area contributed by atoms with E-state index in [1.165, 1.54) is 25.1 Å². The van der Waals surface area contributed by atoms with Gasteiger partial charge in [-0.3, -0.25) is 4.68 Å². The summed E-state index contributed by atoms with van der Waals surface area (Å²) >= 11 is 0. The quantitative estimate of drug-likeness (QED) is 0.839. The van der Waals surface area contributed by atoms with Crippen molar-refractivity contribution in [1.82, 2.24) is 20.0 Å². The summed E-state index contributed by atoms with van der Waals surface area (Å²) in [6.45, 7) is 8.41. The molecule has 2 rings (SSSR count). The molecule has 4 nitrogen and oxygen atoms in total. The maximum absolute atomic E-state index is 4.46. The number of nitrogens with zero attached hydrogens (tertiary/aromatic N) is 3. The molecular formula is C13H24N4. The van der Waals surface area contributed by atoms with Crippen LogP contribution < -0.4 is 5.32 Å². The molecule has 1 aromatic rings. The summed E-state index contributed by atoms with van der Waals surface area (Å²) in [5.74, 6) is 0. The zero-order chi connectivity index (χ0) is 12.3. The van der Waals surface area contributed by atoms with Crippen molar-refractivity contribution in [2.75, 3.05) is 20.1 Å². The molecule has 0 aliphatic carbocycles. The molecule has 1 N–H and O–H groups in total. The second-order valence-corrected chi connectivity index (χ2v) is 5.00. The summed E-state index contributed by atoms with van der Waals surface area (Å²) in [4.78, 5) is 2.45. The lowest BCUT2D eigenvalue weighted by molar-refractivity contribution is 0.299. The minimum absolute atomic E-state index is 0.717. The molecule has 1 fully saturated rings. The van der Waals surface area contributed by atoms with E-state index in [0.717, 1.165) is 25.3 Å². The van der Waals surface area contributed by atoms with E-state index in [0.29, 0.717) is 6.04 Å². The van der Waals surface area contributed by atoms with Gasteiger partial charge in [-0.1, -0.05) is 0 Å². The van der Waals surface area contributed by atoms with E-state index in [-0.39, 0.29) is 0 Å². The molecule has 0 aromatic carbocycles. The monoisotopic (exact) mass is 236 g/mol. The van der Waals surface area contributed by atoms with Gasteiger partial charge in [0.15, 0.2) is 0 Å². The first-order valence-electron chi connectivity index (χ1n) is 6.65. The molecule has 4 heteroatoms. The van der Waals surface area contributed by atoms with Crippen molar-refractivity contribution < 1.29 is 0 Å². The van der Waals surface area contributed by atoms with Crippen LogP contribution in [0, 0.1) is 6.92 Å². The summed E-state index contributed by atoms with van der Waals surface area (Å²) in [6, 6.07) is 2.89. The van der Waals surface area contributed by atoms with E-state index in [9.17, 15) is 0 Å². The third-order valence-electron chi connectivity index (χ3n) is 3.64. The van der Waals surface area contributed by atoms with Gasteiger partial charge in [-0.25, -0.2) is 0 Å². The highest BCUT2D eigenvalue weighted by Crippen LogP contribution is 2.13. The fourth-order valence-corrected chi connectivity index (χ4v) is 2.62. The lowest BCUT2D eigenvalue weighted by Crippen LogP contribution is -2.35. The largest absolute Gasteiger partial charge is 0.310 e. The highest BCUT2D eigenvalue weighted by Gasteiger charge is 2.20. The van der Waals surface area contributed by atoms with Crippen molar-refractivity contribution in [1.29, 1.82) is 0 Å². The van der Waals surface area contributed by atoms with Crippen LogP contribution in [0.3, 0.4) is 0 Å². The molecule has 1 unspecified atom stereocenters. The zero-order valence-electron chi connectivity index (χ0n) is 11.2. The van der Waals surface area contributed by atoms with E-state index in [4.69, 9.17) is 0 Å². The Kier molecular flexibility index (Phi) is 4.18. The topological polar surface area (TPSA) is 33.1 Å². The van der Waals surface area contributed by atoms with Gasteiger partial charge in [-0.2, -0.15) is 5.10 Å². The fraction of sp³-hybridized carbons (Fsp3) is 0.769. The molecule has 1 atom stereocenters. The molecular weight excluding hydrogens is 212 g/mol. The Balaban J connectivity index is 1.81. The van der Waals surface area contributed by atoms with E-state index in [1.807, 2.05) is 0 Å². The summed E-state index contributed by atoms with van der Waals surface area (Å²) in [7, 11) is 2.22. The van der Waals surface area contributed by atoms with Crippen molar-refractivity contribution in [3.8, 4) is 0 Å². The van der Waals surface area contributed by atoms with Crippen molar-refractivity contribution in [3.63, 3.8) is 0 Å². The smallest absolute Gasteiger partial charge is 0.0597 e. The first kappa shape index (κ1) is 12.6. The summed E-state index contributed by atoms with van der Waals surface area (Å²) in [6.07, 6.45) is 2.67. The predicted molar refractivity (Wildman–Crippen MR) is 70.0 cm³/mol. The van der Waals surface area contributed by atoms with E-state index >= 15 is 0 Å². The predicted octanol–water partition coefficient (Wildman–Crippen LogP) is 1.40. The van der Waals surface area contributed by atoms with Crippen LogP contribution in [0.1, 0.15) is 31.2 Å². The summed E-state index contributed by atoms with van der Waals surface area (Å²) < 4.78 is 2.08. The highest BCUT2D eigenvalue weighted by molar-refractivity contribution is 5.08. The SMILES string of the molecule is CCn1nc(C)cc1CNCC1CCCN1C. The van der Waals surface area contributed by atoms with Crippen LogP contribution in [0.15, 0.2) is 6.07 Å². The number of aryl methyl sites for hydroxylation is 2. The Hall–Kier alpha value is -0.870. The molecule has 1 saturated heterocycles. The molecule has 0 radical (unpaired) electrons. The zero-order valence-corrected chi connectivity index (χ0v) is 11.2. The Bertz CT molecular complexity index is 358. The number of nitrogens with one attached hydrogen (secondary N) is 1. The number of likely N-dealkylation sites (tertiary alicyclic amines) is 1. The number of hydrogen-bond donors (Lipinski definition) is 1. The fourth-order valence-electron chi connectivity index (χ4n) is 2.62. The summed E-state index contributed by atoms with van der Waals surface area (Å²) in [5.41, 5.74) is 2.41. The number of likely N-dealkylation sites (N-methyl/N-ethyl adjacent to an activating group) is 1. The molecule has 1 aromatic heterocycles. The van der Waals surface area contributed by atoms with Crippen LogP contribution in [0.5, 0.6) is 0 Å². The van der Waals surface area contributed by atoms with Gasteiger partial charge in [0.25, 0.3) is 0 Å². The maximum atomic E-state index is 4.46. The molecule has 0 saturated carbocycles. The van der Waals surface area contributed by atoms with Crippen molar-refractivity contribution in [2.24, 2.45) is 0 Å². The number of hydrogen-bond acceptors (Lipinski definition) is 3. The maximum Gasteiger partial charge on any atom is 0.0597 e.